The third kappa shape index (κ3) is 7.39. The Morgan fingerprint density at radius 2 is 1.10 bits per heavy atom. The fourth-order valence-corrected chi connectivity index (χ4v) is 2.41. The molecule has 0 aliphatic carbocycles. The molecule has 2 heterocycles. The number of ether oxygens (including phenoxy) is 2. The van der Waals surface area contributed by atoms with Crippen molar-refractivity contribution in [3.05, 3.63) is 0 Å². The minimum Gasteiger partial charge on any atom is -0.478 e. The number of hydrogen-bond donors (Lipinski definition) is 1. The van der Waals surface area contributed by atoms with E-state index in [0.717, 1.165) is 11.8 Å². The van der Waals surface area contributed by atoms with Crippen LogP contribution in [-0.2, 0) is 36.7 Å². The number of aliphatic imine (C=N–C) groups is 2. The molecule has 2 rings (SSSR count). The first-order valence-corrected chi connectivity index (χ1v) is 10.6. The summed E-state index contributed by atoms with van der Waals surface area (Å²) in [6.45, 7) is 18.6. The van der Waals surface area contributed by atoms with Crippen molar-refractivity contribution < 1.29 is 52.7 Å². The summed E-state index contributed by atoms with van der Waals surface area (Å²) in [6, 6.07) is 0.402. The summed E-state index contributed by atoms with van der Waals surface area (Å²) in [7, 11) is -5.84. The minimum absolute atomic E-state index is 0. The molecular formula is C18H31CuF3N2O5S. The van der Waals surface area contributed by atoms with E-state index in [2.05, 4.69) is 55.4 Å². The quantitative estimate of drug-likeness (QED) is 0.345. The van der Waals surface area contributed by atoms with Crippen molar-refractivity contribution in [2.75, 3.05) is 13.2 Å². The maximum absolute atomic E-state index is 10.7. The molecule has 0 aromatic rings. The summed E-state index contributed by atoms with van der Waals surface area (Å²) in [6.07, 6.45) is 0. The van der Waals surface area contributed by atoms with E-state index in [1.165, 1.54) is 0 Å². The van der Waals surface area contributed by atoms with E-state index in [1.54, 1.807) is 0 Å². The second-order valence-corrected chi connectivity index (χ2v) is 11.2. The van der Waals surface area contributed by atoms with E-state index >= 15 is 0 Å². The van der Waals surface area contributed by atoms with Crippen LogP contribution in [0.15, 0.2) is 9.98 Å². The van der Waals surface area contributed by atoms with Crippen LogP contribution in [0.4, 0.5) is 13.2 Å². The minimum atomic E-state index is -5.84. The summed E-state index contributed by atoms with van der Waals surface area (Å²) in [4.78, 5) is 9.59. The zero-order valence-corrected chi connectivity index (χ0v) is 20.1. The van der Waals surface area contributed by atoms with Crippen LogP contribution in [0.25, 0.3) is 0 Å². The Bertz CT molecular complexity index is 724. The van der Waals surface area contributed by atoms with Gasteiger partial charge in [0.15, 0.2) is 11.8 Å². The maximum Gasteiger partial charge on any atom is 0.522 e. The second kappa shape index (κ2) is 9.34. The molecule has 7 nitrogen and oxygen atoms in total. The standard InChI is InChI=1S/C17H30N2O2.CHF3O3S.Cu/c1-15(2,3)11-9-20-13(18-11)17(7,8)14-19-12(10-21-14)16(4,5)6;2-1(3,4)8(5,6)7;/h11-12H,9-10H2,1-8H3;(H,5,6,7);/t11-,12-;;/m0../s1. The molecule has 12 heteroatoms. The van der Waals surface area contributed by atoms with Crippen molar-refractivity contribution in [1.82, 2.24) is 0 Å². The first kappa shape index (κ1) is 29.2. The van der Waals surface area contributed by atoms with Gasteiger partial charge in [0.1, 0.15) is 18.6 Å². The Morgan fingerprint density at radius 3 is 1.27 bits per heavy atom. The molecule has 0 unspecified atom stereocenters. The average molecular weight is 508 g/mol. The average Bonchev–Trinajstić information content (AvgIpc) is 3.15. The predicted octanol–water partition coefficient (Wildman–Crippen LogP) is 4.09. The molecular weight excluding hydrogens is 477 g/mol. The van der Waals surface area contributed by atoms with Crippen LogP contribution in [0.2, 0.25) is 0 Å². The Labute approximate surface area is 187 Å². The Kier molecular flexibility index (Phi) is 9.08. The van der Waals surface area contributed by atoms with Crippen molar-refractivity contribution >= 4 is 21.9 Å². The largest absolute Gasteiger partial charge is 0.522 e. The van der Waals surface area contributed by atoms with Gasteiger partial charge < -0.3 is 9.47 Å². The van der Waals surface area contributed by atoms with Crippen LogP contribution < -0.4 is 0 Å². The maximum atomic E-state index is 10.7. The number of rotatable bonds is 2. The summed E-state index contributed by atoms with van der Waals surface area (Å²) >= 11 is 0. The van der Waals surface area contributed by atoms with E-state index in [-0.39, 0.29) is 45.4 Å². The molecule has 0 spiro atoms. The predicted molar refractivity (Wildman–Crippen MR) is 105 cm³/mol. The molecule has 0 saturated carbocycles. The van der Waals surface area contributed by atoms with Gasteiger partial charge in [-0.1, -0.05) is 41.5 Å². The monoisotopic (exact) mass is 507 g/mol. The molecule has 2 atom stereocenters. The summed E-state index contributed by atoms with van der Waals surface area (Å²) < 4.78 is 69.3. The Morgan fingerprint density at radius 1 is 0.833 bits per heavy atom. The first-order valence-electron chi connectivity index (χ1n) is 9.13. The van der Waals surface area contributed by atoms with Crippen molar-refractivity contribution in [3.63, 3.8) is 0 Å². The van der Waals surface area contributed by atoms with Crippen LogP contribution in [0.3, 0.4) is 0 Å². The number of halogens is 3. The van der Waals surface area contributed by atoms with Gasteiger partial charge in [-0.2, -0.15) is 21.6 Å². The molecule has 0 aromatic heterocycles. The molecule has 181 valence electrons. The van der Waals surface area contributed by atoms with E-state index in [1.807, 2.05) is 0 Å². The second-order valence-electron chi connectivity index (χ2n) is 9.80. The van der Waals surface area contributed by atoms with Gasteiger partial charge in [-0.3, -0.25) is 4.55 Å². The molecule has 0 bridgehead atoms. The third-order valence-corrected chi connectivity index (χ3v) is 5.25. The number of hydrogen-bond acceptors (Lipinski definition) is 6. The fourth-order valence-electron chi connectivity index (χ4n) is 2.41. The van der Waals surface area contributed by atoms with E-state index in [0.29, 0.717) is 13.2 Å². The SMILES string of the molecule is CC(C)(C1=N[C@H](C(C)(C)C)CO1)C1=N[C@H](C(C)(C)C)CO1.O=S(=O)(O)C(F)(F)F.[Cu]. The first-order chi connectivity index (χ1) is 12.7. The molecule has 0 amide bonds. The van der Waals surface area contributed by atoms with Gasteiger partial charge >= 0.3 is 15.6 Å². The fraction of sp³-hybridized carbons (Fsp3) is 0.889. The van der Waals surface area contributed by atoms with Gasteiger partial charge in [0, 0.05) is 17.1 Å². The molecule has 0 aromatic carbocycles. The van der Waals surface area contributed by atoms with Gasteiger partial charge in [-0.25, -0.2) is 9.98 Å². The number of alkyl halides is 3. The Hall–Kier alpha value is -0.841. The van der Waals surface area contributed by atoms with Gasteiger partial charge in [0.25, 0.3) is 0 Å². The van der Waals surface area contributed by atoms with Crippen molar-refractivity contribution in [1.29, 1.82) is 0 Å². The van der Waals surface area contributed by atoms with Crippen molar-refractivity contribution in [3.8, 4) is 0 Å². The third-order valence-electron chi connectivity index (χ3n) is 4.66. The van der Waals surface area contributed by atoms with Crippen molar-refractivity contribution in [2.45, 2.75) is 73.0 Å². The van der Waals surface area contributed by atoms with Gasteiger partial charge in [-0.15, -0.1) is 0 Å². The molecule has 30 heavy (non-hydrogen) atoms. The van der Waals surface area contributed by atoms with E-state index in [9.17, 15) is 13.2 Å². The summed E-state index contributed by atoms with van der Waals surface area (Å²) in [5, 5.41) is 0. The topological polar surface area (TPSA) is 97.6 Å². The smallest absolute Gasteiger partial charge is 0.478 e. The van der Waals surface area contributed by atoms with Crippen LogP contribution in [0.1, 0.15) is 55.4 Å². The van der Waals surface area contributed by atoms with Gasteiger partial charge in [-0.05, 0) is 24.7 Å². The van der Waals surface area contributed by atoms with Gasteiger partial charge in [0.05, 0.1) is 12.1 Å². The molecule has 2 aliphatic rings. The molecule has 2 aliphatic heterocycles. The van der Waals surface area contributed by atoms with E-state index in [4.69, 9.17) is 32.4 Å². The summed E-state index contributed by atoms with van der Waals surface area (Å²) in [5.74, 6) is 1.52. The zero-order valence-electron chi connectivity index (χ0n) is 18.4. The zero-order chi connectivity index (χ0) is 23.1. The normalized spacial score (nSPS) is 22.7. The van der Waals surface area contributed by atoms with Crippen LogP contribution in [-0.4, -0.2) is 55.6 Å². The summed E-state index contributed by atoms with van der Waals surface area (Å²) in [5.41, 5.74) is -5.69. The van der Waals surface area contributed by atoms with Crippen LogP contribution >= 0.6 is 0 Å². The van der Waals surface area contributed by atoms with E-state index < -0.39 is 15.6 Å². The molecule has 0 saturated heterocycles. The van der Waals surface area contributed by atoms with Gasteiger partial charge in [0.2, 0.25) is 0 Å². The molecule has 0 fully saturated rings. The van der Waals surface area contributed by atoms with Crippen LogP contribution in [0, 0.1) is 16.2 Å². The van der Waals surface area contributed by atoms with Crippen molar-refractivity contribution in [2.24, 2.45) is 26.2 Å². The molecule has 1 N–H and O–H groups in total. The molecule has 1 radical (unpaired) electrons. The Balaban J connectivity index is 0.000000801. The number of nitrogens with zero attached hydrogens (tertiary/aromatic N) is 2. The van der Waals surface area contributed by atoms with Crippen LogP contribution in [0.5, 0.6) is 0 Å².